The molecule has 39 heavy (non-hydrogen) atoms. The fraction of sp³-hybridized carbons (Fsp3) is 0.286. The first-order valence-electron chi connectivity index (χ1n) is 12.7. The Balaban J connectivity index is 1.46. The number of benzene rings is 1. The van der Waals surface area contributed by atoms with E-state index in [2.05, 4.69) is 15.2 Å². The lowest BCUT2D eigenvalue weighted by molar-refractivity contribution is 0.0770. The van der Waals surface area contributed by atoms with Crippen LogP contribution >= 0.6 is 0 Å². The molecule has 0 unspecified atom stereocenters. The maximum Gasteiger partial charge on any atom is 0.262 e. The molecule has 1 aromatic carbocycles. The molecule has 200 valence electrons. The first-order chi connectivity index (χ1) is 18.7. The third-order valence-electron chi connectivity index (χ3n) is 7.65. The highest BCUT2D eigenvalue weighted by Gasteiger charge is 2.51. The van der Waals surface area contributed by atoms with Crippen LogP contribution in [0.25, 0.3) is 11.8 Å². The second-order valence-corrected chi connectivity index (χ2v) is 11.9. The van der Waals surface area contributed by atoms with E-state index in [9.17, 15) is 17.6 Å². The van der Waals surface area contributed by atoms with Crippen molar-refractivity contribution in [2.45, 2.75) is 31.2 Å². The van der Waals surface area contributed by atoms with Gasteiger partial charge in [0.05, 0.1) is 23.0 Å². The van der Waals surface area contributed by atoms with E-state index < -0.39 is 15.4 Å². The van der Waals surface area contributed by atoms with Gasteiger partial charge in [-0.3, -0.25) is 14.5 Å². The van der Waals surface area contributed by atoms with E-state index in [1.165, 1.54) is 27.2 Å². The Morgan fingerprint density at radius 1 is 1.15 bits per heavy atom. The quantitative estimate of drug-likeness (QED) is 0.343. The van der Waals surface area contributed by atoms with Gasteiger partial charge in [0, 0.05) is 32.5 Å². The third-order valence-corrected chi connectivity index (χ3v) is 9.38. The standard InChI is InChI=1S/C28H27FN6O3S/c1-3-19-8-11-30-24(14-19)27(36)28-16-20-17-31-35(23-6-4-22(29)5-7-23)25(20)15-21(28)9-13-34(18-28)39(37,38)26-10-12-33(2)32-26/h4-8,10-12,14-15,17H,3,9,13,16,18H2,1-2H3/t28-/m0/s1. The molecule has 0 saturated carbocycles. The highest BCUT2D eigenvalue weighted by Crippen LogP contribution is 2.47. The van der Waals surface area contributed by atoms with E-state index >= 15 is 0 Å². The Labute approximate surface area is 225 Å². The number of piperidine rings is 1. The van der Waals surface area contributed by atoms with Gasteiger partial charge in [0.25, 0.3) is 10.0 Å². The van der Waals surface area contributed by atoms with Crippen molar-refractivity contribution in [1.29, 1.82) is 0 Å². The molecule has 0 spiro atoms. The summed E-state index contributed by atoms with van der Waals surface area (Å²) in [5, 5.41) is 8.62. The molecule has 4 heterocycles. The lowest BCUT2D eigenvalue weighted by Crippen LogP contribution is -2.53. The molecule has 0 radical (unpaired) electrons. The Morgan fingerprint density at radius 2 is 1.95 bits per heavy atom. The number of Topliss-reactive ketones (excluding diaryl/α,β-unsaturated/α-hetero) is 1. The summed E-state index contributed by atoms with van der Waals surface area (Å²) in [7, 11) is -2.27. The molecule has 11 heteroatoms. The molecule has 0 N–H and O–H groups in total. The summed E-state index contributed by atoms with van der Waals surface area (Å²) in [6.45, 7) is 2.18. The maximum atomic E-state index is 14.3. The zero-order chi connectivity index (χ0) is 27.4. The van der Waals surface area contributed by atoms with E-state index in [-0.39, 0.29) is 36.1 Å². The van der Waals surface area contributed by atoms with Gasteiger partial charge in [-0.15, -0.1) is 0 Å². The number of aromatic nitrogens is 5. The minimum absolute atomic E-state index is 0.0320. The van der Waals surface area contributed by atoms with Gasteiger partial charge in [-0.05, 0) is 78.9 Å². The second-order valence-electron chi connectivity index (χ2n) is 10.0. The van der Waals surface area contributed by atoms with E-state index in [0.717, 1.165) is 28.8 Å². The average Bonchev–Trinajstić information content (AvgIpc) is 3.57. The highest BCUT2D eigenvalue weighted by atomic mass is 32.2. The number of carbonyl (C=O) groups is 1. The fourth-order valence-electron chi connectivity index (χ4n) is 5.54. The number of aryl methyl sites for hydroxylation is 2. The number of hydrogen-bond acceptors (Lipinski definition) is 6. The number of halogens is 1. The van der Waals surface area contributed by atoms with Crippen molar-refractivity contribution < 1.29 is 17.6 Å². The molecule has 1 atom stereocenters. The third kappa shape index (κ3) is 4.22. The molecule has 6 rings (SSSR count). The van der Waals surface area contributed by atoms with E-state index in [4.69, 9.17) is 0 Å². The Morgan fingerprint density at radius 3 is 2.67 bits per heavy atom. The minimum Gasteiger partial charge on any atom is -0.291 e. The summed E-state index contributed by atoms with van der Waals surface area (Å²) in [4.78, 5) is 18.7. The van der Waals surface area contributed by atoms with Crippen LogP contribution in [-0.4, -0.2) is 56.1 Å². The highest BCUT2D eigenvalue weighted by molar-refractivity contribution is 7.89. The SMILES string of the molecule is CCc1ccnc(C(=O)[C@]23Cc4cnn(-c5ccc(F)cc5)c4C=C2CCN(S(=O)(=O)c2ccn(C)n2)C3)c1. The Bertz CT molecular complexity index is 1720. The first kappa shape index (κ1) is 25.3. The number of carbonyl (C=O) groups excluding carboxylic acids is 1. The van der Waals surface area contributed by atoms with Crippen LogP contribution in [0.1, 0.15) is 40.7 Å². The zero-order valence-electron chi connectivity index (χ0n) is 21.6. The van der Waals surface area contributed by atoms with Crippen molar-refractivity contribution in [3.05, 3.63) is 95.0 Å². The Hall–Kier alpha value is -3.96. The molecule has 2 aliphatic rings. The number of fused-ring (bicyclic) bond motifs is 2. The molecular weight excluding hydrogens is 519 g/mol. The largest absolute Gasteiger partial charge is 0.291 e. The number of rotatable bonds is 6. The predicted octanol–water partition coefficient (Wildman–Crippen LogP) is 3.61. The van der Waals surface area contributed by atoms with E-state index in [0.29, 0.717) is 17.8 Å². The van der Waals surface area contributed by atoms with Crippen LogP contribution < -0.4 is 0 Å². The van der Waals surface area contributed by atoms with Crippen LogP contribution in [0, 0.1) is 11.2 Å². The molecule has 1 aliphatic heterocycles. The number of ketones is 1. The molecule has 3 aromatic heterocycles. The average molecular weight is 547 g/mol. The van der Waals surface area contributed by atoms with Crippen LogP contribution in [0.15, 0.2) is 71.7 Å². The second kappa shape index (κ2) is 9.35. The summed E-state index contributed by atoms with van der Waals surface area (Å²) < 4.78 is 45.3. The molecular formula is C28H27FN6O3S. The van der Waals surface area contributed by atoms with Gasteiger partial charge in [0.15, 0.2) is 10.8 Å². The number of pyridine rings is 1. The van der Waals surface area contributed by atoms with Crippen molar-refractivity contribution in [3.63, 3.8) is 0 Å². The Kier molecular flexibility index (Phi) is 6.07. The van der Waals surface area contributed by atoms with Crippen molar-refractivity contribution in [2.75, 3.05) is 13.1 Å². The summed E-state index contributed by atoms with van der Waals surface area (Å²) in [6, 6.07) is 11.2. The lowest BCUT2D eigenvalue weighted by atomic mass is 9.65. The van der Waals surface area contributed by atoms with Crippen LogP contribution in [0.2, 0.25) is 0 Å². The van der Waals surface area contributed by atoms with Crippen molar-refractivity contribution in [1.82, 2.24) is 28.9 Å². The molecule has 0 amide bonds. The van der Waals surface area contributed by atoms with Gasteiger partial charge in [0.1, 0.15) is 11.5 Å². The molecule has 0 bridgehead atoms. The number of sulfonamides is 1. The van der Waals surface area contributed by atoms with Crippen LogP contribution in [0.4, 0.5) is 4.39 Å². The predicted molar refractivity (Wildman–Crippen MR) is 142 cm³/mol. The monoisotopic (exact) mass is 546 g/mol. The summed E-state index contributed by atoms with van der Waals surface area (Å²) >= 11 is 0. The number of nitrogens with zero attached hydrogens (tertiary/aromatic N) is 6. The fourth-order valence-corrected chi connectivity index (χ4v) is 6.99. The summed E-state index contributed by atoms with van der Waals surface area (Å²) in [5.41, 5.74) is 3.28. The van der Waals surface area contributed by atoms with Crippen molar-refractivity contribution >= 4 is 21.9 Å². The topological polar surface area (TPSA) is 103 Å². The van der Waals surface area contributed by atoms with E-state index in [1.807, 2.05) is 19.1 Å². The van der Waals surface area contributed by atoms with Crippen LogP contribution in [0.3, 0.4) is 0 Å². The molecule has 9 nitrogen and oxygen atoms in total. The van der Waals surface area contributed by atoms with Gasteiger partial charge < -0.3 is 0 Å². The molecule has 1 aliphatic carbocycles. The molecule has 1 fully saturated rings. The van der Waals surface area contributed by atoms with Crippen molar-refractivity contribution in [2.24, 2.45) is 12.5 Å². The van der Waals surface area contributed by atoms with Gasteiger partial charge in [-0.25, -0.2) is 17.5 Å². The zero-order valence-corrected chi connectivity index (χ0v) is 22.4. The maximum absolute atomic E-state index is 14.3. The summed E-state index contributed by atoms with van der Waals surface area (Å²) in [5.74, 6) is -0.559. The van der Waals surface area contributed by atoms with Gasteiger partial charge in [-0.2, -0.15) is 14.5 Å². The normalized spacial score (nSPS) is 19.3. The van der Waals surface area contributed by atoms with Crippen molar-refractivity contribution in [3.8, 4) is 5.69 Å². The van der Waals surface area contributed by atoms with Gasteiger partial charge in [0.2, 0.25) is 0 Å². The molecule has 1 saturated heterocycles. The number of hydrogen-bond donors (Lipinski definition) is 0. The summed E-state index contributed by atoms with van der Waals surface area (Å²) in [6.07, 6.45) is 8.22. The first-order valence-corrected chi connectivity index (χ1v) is 14.2. The van der Waals surface area contributed by atoms with Crippen LogP contribution in [-0.2, 0) is 29.9 Å². The smallest absolute Gasteiger partial charge is 0.262 e. The van der Waals surface area contributed by atoms with Crippen LogP contribution in [0.5, 0.6) is 0 Å². The van der Waals surface area contributed by atoms with E-state index in [1.54, 1.807) is 48.5 Å². The van der Waals surface area contributed by atoms with Gasteiger partial charge in [-0.1, -0.05) is 12.5 Å². The molecule has 4 aromatic rings. The van der Waals surface area contributed by atoms with Gasteiger partial charge >= 0.3 is 0 Å². The lowest BCUT2D eigenvalue weighted by Gasteiger charge is -2.44. The minimum atomic E-state index is -3.93.